The fourth-order valence-electron chi connectivity index (χ4n) is 3.52. The number of hydrogen-bond acceptors (Lipinski definition) is 7. The molecule has 1 atom stereocenters. The topological polar surface area (TPSA) is 119 Å². The zero-order valence-corrected chi connectivity index (χ0v) is 16.9. The highest BCUT2D eigenvalue weighted by Crippen LogP contribution is 2.20. The second-order valence-electron chi connectivity index (χ2n) is 7.71. The quantitative estimate of drug-likeness (QED) is 0.653. The Balaban J connectivity index is 0.000000151. The summed E-state index contributed by atoms with van der Waals surface area (Å²) in [6.07, 6.45) is 4.95. The molecule has 0 aromatic carbocycles. The molecule has 2 aliphatic heterocycles. The Labute approximate surface area is 174 Å². The minimum atomic E-state index is -0.321. The number of nitrogens with zero attached hydrogens (tertiary/aromatic N) is 5. The predicted molar refractivity (Wildman–Crippen MR) is 111 cm³/mol. The molecule has 0 spiro atoms. The van der Waals surface area contributed by atoms with Gasteiger partial charge in [0.1, 0.15) is 0 Å². The zero-order valence-electron chi connectivity index (χ0n) is 16.9. The van der Waals surface area contributed by atoms with E-state index in [1.54, 1.807) is 15.6 Å². The van der Waals surface area contributed by atoms with Gasteiger partial charge in [-0.3, -0.25) is 9.78 Å². The number of piperidine rings is 1. The van der Waals surface area contributed by atoms with Crippen LogP contribution in [0.25, 0.3) is 16.9 Å². The number of rotatable bonds is 2. The Bertz CT molecular complexity index is 1020. The van der Waals surface area contributed by atoms with Crippen molar-refractivity contribution in [2.75, 3.05) is 32.0 Å². The smallest absolute Gasteiger partial charge is 0.238 e. The number of pyridine rings is 1. The maximum Gasteiger partial charge on any atom is 0.238 e. The Morgan fingerprint density at radius 1 is 1.20 bits per heavy atom. The number of nitrogens with two attached hydrogens (primary N) is 1. The number of ether oxygens (including phenoxy) is 1. The van der Waals surface area contributed by atoms with Crippen LogP contribution in [0.3, 0.4) is 0 Å². The summed E-state index contributed by atoms with van der Waals surface area (Å²) in [5.74, 6) is 0.470. The van der Waals surface area contributed by atoms with Gasteiger partial charge in [0.05, 0.1) is 48.3 Å². The van der Waals surface area contributed by atoms with E-state index < -0.39 is 0 Å². The van der Waals surface area contributed by atoms with Gasteiger partial charge in [-0.15, -0.1) is 5.10 Å². The van der Waals surface area contributed by atoms with Crippen molar-refractivity contribution < 1.29 is 14.6 Å². The Kier molecular flexibility index (Phi) is 5.91. The number of carbonyl (C=O) groups excluding carboxylic acids is 1. The first-order valence-electron chi connectivity index (χ1n) is 10.1. The zero-order chi connectivity index (χ0) is 21.1. The highest BCUT2D eigenvalue weighted by Gasteiger charge is 2.32. The van der Waals surface area contributed by atoms with E-state index in [0.717, 1.165) is 41.9 Å². The van der Waals surface area contributed by atoms with Crippen molar-refractivity contribution in [2.24, 2.45) is 5.92 Å². The number of aliphatic hydroxyl groups is 1. The molecule has 2 fully saturated rings. The van der Waals surface area contributed by atoms with Gasteiger partial charge in [-0.2, -0.15) is 0 Å². The molecule has 3 aromatic rings. The summed E-state index contributed by atoms with van der Waals surface area (Å²) in [5, 5.41) is 13.6. The van der Waals surface area contributed by atoms with E-state index in [4.69, 9.17) is 10.5 Å². The molecule has 5 heterocycles. The van der Waals surface area contributed by atoms with Crippen molar-refractivity contribution in [3.05, 3.63) is 42.2 Å². The van der Waals surface area contributed by atoms with E-state index >= 15 is 0 Å². The Morgan fingerprint density at radius 3 is 2.70 bits per heavy atom. The van der Waals surface area contributed by atoms with Crippen molar-refractivity contribution in [1.29, 1.82) is 0 Å². The summed E-state index contributed by atoms with van der Waals surface area (Å²) in [4.78, 5) is 21.8. The summed E-state index contributed by atoms with van der Waals surface area (Å²) >= 11 is 0. The average Bonchev–Trinajstić information content (AvgIpc) is 3.11. The average molecular weight is 410 g/mol. The van der Waals surface area contributed by atoms with Gasteiger partial charge in [0, 0.05) is 19.3 Å². The lowest BCUT2D eigenvalue weighted by Gasteiger charge is -2.35. The van der Waals surface area contributed by atoms with Crippen LogP contribution >= 0.6 is 0 Å². The number of fused-ring (bicyclic) bond motifs is 1. The first kappa shape index (κ1) is 20.2. The number of aromatic nitrogens is 4. The maximum absolute atomic E-state index is 11.7. The molecule has 30 heavy (non-hydrogen) atoms. The number of aryl methyl sites for hydroxylation is 1. The number of anilines is 1. The highest BCUT2D eigenvalue weighted by molar-refractivity contribution is 5.79. The van der Waals surface area contributed by atoms with Crippen LogP contribution < -0.4 is 5.73 Å². The van der Waals surface area contributed by atoms with Crippen LogP contribution in [0.15, 0.2) is 36.7 Å². The van der Waals surface area contributed by atoms with Crippen LogP contribution in [0.4, 0.5) is 5.95 Å². The largest absolute Gasteiger partial charge is 0.391 e. The number of aliphatic hydroxyl groups excluding tert-OH is 1. The Hall–Kier alpha value is -3.04. The fourth-order valence-corrected chi connectivity index (χ4v) is 3.52. The highest BCUT2D eigenvalue weighted by atomic mass is 16.5. The lowest BCUT2D eigenvalue weighted by atomic mass is 10.0. The predicted octanol–water partition coefficient (Wildman–Crippen LogP) is 1.30. The number of amides is 1. The van der Waals surface area contributed by atoms with Crippen molar-refractivity contribution in [3.8, 4) is 11.4 Å². The third kappa shape index (κ3) is 4.42. The van der Waals surface area contributed by atoms with E-state index in [-0.39, 0.29) is 23.9 Å². The molecule has 0 radical (unpaired) electrons. The van der Waals surface area contributed by atoms with E-state index in [9.17, 15) is 9.90 Å². The van der Waals surface area contributed by atoms with Gasteiger partial charge < -0.3 is 20.5 Å². The molecule has 9 nitrogen and oxygen atoms in total. The molecular weight excluding hydrogens is 384 g/mol. The number of likely N-dealkylation sites (tertiary alicyclic amines) is 1. The molecule has 5 rings (SSSR count). The third-order valence-corrected chi connectivity index (χ3v) is 5.29. The second-order valence-corrected chi connectivity index (χ2v) is 7.71. The standard InChI is InChI=1S/C12H11N5.C9H15NO3/c1-8-2-4-10(14-6-8)11-5-3-9-7-15-12(13)16-17(9)11;11-8-2-1-3-10(4-8)9(12)7-5-13-6-7/h2-7H,1H3,(H2,13,16);7-8,11H,1-6H2. The summed E-state index contributed by atoms with van der Waals surface area (Å²) in [7, 11) is 0. The van der Waals surface area contributed by atoms with Gasteiger partial charge >= 0.3 is 0 Å². The van der Waals surface area contributed by atoms with Gasteiger partial charge in [-0.05, 0) is 43.5 Å². The summed E-state index contributed by atoms with van der Waals surface area (Å²) in [6.45, 7) is 4.44. The fraction of sp³-hybridized carbons (Fsp3) is 0.429. The summed E-state index contributed by atoms with van der Waals surface area (Å²) in [5.41, 5.74) is 9.40. The molecule has 2 saturated heterocycles. The first-order valence-corrected chi connectivity index (χ1v) is 10.1. The molecule has 3 aromatic heterocycles. The van der Waals surface area contributed by atoms with Crippen LogP contribution in [-0.2, 0) is 9.53 Å². The number of nitrogen functional groups attached to an aromatic ring is 1. The van der Waals surface area contributed by atoms with Crippen LogP contribution in [0.5, 0.6) is 0 Å². The van der Waals surface area contributed by atoms with Gasteiger partial charge in [-0.25, -0.2) is 9.50 Å². The molecule has 158 valence electrons. The normalized spacial score (nSPS) is 19.1. The van der Waals surface area contributed by atoms with E-state index in [0.29, 0.717) is 19.8 Å². The summed E-state index contributed by atoms with van der Waals surface area (Å²) in [6, 6.07) is 7.89. The van der Waals surface area contributed by atoms with Gasteiger partial charge in [-0.1, -0.05) is 6.07 Å². The second kappa shape index (κ2) is 8.76. The third-order valence-electron chi connectivity index (χ3n) is 5.29. The van der Waals surface area contributed by atoms with Gasteiger partial charge in [0.15, 0.2) is 0 Å². The SMILES string of the molecule is Cc1ccc(-c2ccc3cnc(N)nn23)nc1.O=C(C1COC1)N1CCCC(O)C1. The number of β-amino-alcohol motifs (C(OH)–C–C–N with tert-alkyl or cyclic N) is 1. The minimum absolute atomic E-state index is 0.0605. The molecule has 0 bridgehead atoms. The van der Waals surface area contributed by atoms with Gasteiger partial charge in [0.2, 0.25) is 11.9 Å². The van der Waals surface area contributed by atoms with E-state index in [2.05, 4.69) is 15.1 Å². The molecule has 3 N–H and O–H groups in total. The van der Waals surface area contributed by atoms with Crippen LogP contribution in [0, 0.1) is 12.8 Å². The van der Waals surface area contributed by atoms with Crippen molar-refractivity contribution in [1.82, 2.24) is 24.5 Å². The van der Waals surface area contributed by atoms with Crippen molar-refractivity contribution >= 4 is 17.4 Å². The van der Waals surface area contributed by atoms with Crippen molar-refractivity contribution in [2.45, 2.75) is 25.9 Å². The lowest BCUT2D eigenvalue weighted by Crippen LogP contribution is -2.49. The van der Waals surface area contributed by atoms with Crippen LogP contribution in [0.2, 0.25) is 0 Å². The monoisotopic (exact) mass is 410 g/mol. The van der Waals surface area contributed by atoms with Crippen LogP contribution in [-0.4, -0.2) is 67.9 Å². The molecular formula is C21H26N6O3. The molecule has 9 heteroatoms. The first-order chi connectivity index (χ1) is 14.5. The molecule has 0 aliphatic carbocycles. The van der Waals surface area contributed by atoms with Crippen molar-refractivity contribution in [3.63, 3.8) is 0 Å². The Morgan fingerprint density at radius 2 is 2.03 bits per heavy atom. The molecule has 2 aliphatic rings. The molecule has 0 saturated carbocycles. The van der Waals surface area contributed by atoms with Gasteiger partial charge in [0.25, 0.3) is 0 Å². The number of carbonyl (C=O) groups is 1. The maximum atomic E-state index is 11.7. The number of hydrogen-bond donors (Lipinski definition) is 2. The lowest BCUT2D eigenvalue weighted by molar-refractivity contribution is -0.152. The van der Waals surface area contributed by atoms with E-state index in [1.165, 1.54) is 0 Å². The minimum Gasteiger partial charge on any atom is -0.391 e. The van der Waals surface area contributed by atoms with E-state index in [1.807, 2.05) is 37.4 Å². The van der Waals surface area contributed by atoms with Crippen LogP contribution in [0.1, 0.15) is 18.4 Å². The molecule has 1 amide bonds. The summed E-state index contributed by atoms with van der Waals surface area (Å²) < 4.78 is 6.71. The molecule has 1 unspecified atom stereocenters.